The van der Waals surface area contributed by atoms with Gasteiger partial charge in [-0.15, -0.1) is 0 Å². The van der Waals surface area contributed by atoms with Crippen LogP contribution in [0.2, 0.25) is 51.4 Å². The summed E-state index contributed by atoms with van der Waals surface area (Å²) >= 11 is 0. The smallest absolute Gasteiger partial charge is 0.280 e. The Labute approximate surface area is 250 Å². The first kappa shape index (κ1) is 32.9. The first-order chi connectivity index (χ1) is 19.9. The number of nitro benzene ring substituents is 1. The maximum absolute atomic E-state index is 11.1. The van der Waals surface area contributed by atoms with Gasteiger partial charge in [0.15, 0.2) is 0 Å². The van der Waals surface area contributed by atoms with Crippen LogP contribution in [-0.2, 0) is 22.9 Å². The highest BCUT2D eigenvalue weighted by atomic mass is 28.3. The van der Waals surface area contributed by atoms with E-state index in [2.05, 4.69) is 49.3 Å². The van der Waals surface area contributed by atoms with Gasteiger partial charge in [-0.25, -0.2) is 9.97 Å². The van der Waals surface area contributed by atoms with Gasteiger partial charge < -0.3 is 24.3 Å². The zero-order valence-electron chi connectivity index (χ0n) is 25.6. The normalized spacial score (nSPS) is 11.7. The highest BCUT2D eigenvalue weighted by Crippen LogP contribution is 2.28. The lowest BCUT2D eigenvalue weighted by Gasteiger charge is -2.16. The number of rotatable bonds is 13. The topological polar surface area (TPSA) is 123 Å². The van der Waals surface area contributed by atoms with Gasteiger partial charge in [-0.05, 0) is 30.3 Å². The Balaban J connectivity index is 0.000000231. The molecule has 2 aromatic heterocycles. The summed E-state index contributed by atoms with van der Waals surface area (Å²) in [5, 5.41) is 11.1. The lowest BCUT2D eigenvalue weighted by molar-refractivity contribution is -0.384. The van der Waals surface area contributed by atoms with E-state index in [0.717, 1.165) is 29.7 Å². The average Bonchev–Trinajstić information content (AvgIpc) is 3.58. The number of ether oxygens (including phenoxy) is 2. The van der Waals surface area contributed by atoms with Gasteiger partial charge in [-0.1, -0.05) is 63.5 Å². The quantitative estimate of drug-likeness (QED) is 0.0559. The van der Waals surface area contributed by atoms with Gasteiger partial charge in [-0.2, -0.15) is 0 Å². The van der Waals surface area contributed by atoms with E-state index >= 15 is 0 Å². The van der Waals surface area contributed by atoms with Gasteiger partial charge in [0.1, 0.15) is 25.1 Å². The van der Waals surface area contributed by atoms with Gasteiger partial charge in [-0.3, -0.25) is 10.1 Å². The molecule has 0 unspecified atom stereocenters. The van der Waals surface area contributed by atoms with E-state index in [4.69, 9.17) is 15.2 Å². The molecular formula is C30H44N6O4Si2. The number of para-hydroxylation sites is 2. The molecule has 4 rings (SSSR count). The molecule has 10 nitrogen and oxygen atoms in total. The zero-order chi connectivity index (χ0) is 30.8. The van der Waals surface area contributed by atoms with Crippen LogP contribution in [0.1, 0.15) is 0 Å². The van der Waals surface area contributed by atoms with E-state index in [9.17, 15) is 10.1 Å². The van der Waals surface area contributed by atoms with Gasteiger partial charge in [0, 0.05) is 71.5 Å². The van der Waals surface area contributed by atoms with Gasteiger partial charge >= 0.3 is 0 Å². The molecule has 4 aromatic rings. The number of benzene rings is 2. The van der Waals surface area contributed by atoms with Gasteiger partial charge in [0.25, 0.3) is 5.69 Å². The molecular weight excluding hydrogens is 565 g/mol. The van der Waals surface area contributed by atoms with Crippen molar-refractivity contribution in [1.29, 1.82) is 0 Å². The Kier molecular flexibility index (Phi) is 11.8. The molecule has 2 heterocycles. The summed E-state index contributed by atoms with van der Waals surface area (Å²) in [4.78, 5) is 19.4. The lowest BCUT2D eigenvalue weighted by atomic mass is 10.1. The van der Waals surface area contributed by atoms with Crippen molar-refractivity contribution in [2.24, 2.45) is 0 Å². The molecule has 12 heteroatoms. The van der Waals surface area contributed by atoms with Crippen LogP contribution in [-0.4, -0.2) is 53.4 Å². The number of hydrogen-bond acceptors (Lipinski definition) is 7. The average molecular weight is 609 g/mol. The third-order valence-electron chi connectivity index (χ3n) is 6.43. The van der Waals surface area contributed by atoms with Crippen molar-refractivity contribution in [2.45, 2.75) is 64.8 Å². The molecule has 0 saturated heterocycles. The first-order valence-corrected chi connectivity index (χ1v) is 21.5. The number of imidazole rings is 2. The van der Waals surface area contributed by atoms with Crippen LogP contribution in [0.3, 0.4) is 0 Å². The zero-order valence-corrected chi connectivity index (χ0v) is 27.6. The van der Waals surface area contributed by atoms with E-state index in [0.29, 0.717) is 31.5 Å². The molecule has 0 spiro atoms. The highest BCUT2D eigenvalue weighted by Gasteiger charge is 2.19. The fraction of sp³-hybridized carbons (Fsp3) is 0.400. The maximum atomic E-state index is 11.1. The Morgan fingerprint density at radius 3 is 1.69 bits per heavy atom. The summed E-state index contributed by atoms with van der Waals surface area (Å²) in [7, 11) is -2.16. The number of hydrogen-bond donors (Lipinski definition) is 1. The molecule has 0 bridgehead atoms. The molecule has 0 amide bonds. The monoisotopic (exact) mass is 608 g/mol. The summed E-state index contributed by atoms with van der Waals surface area (Å²) in [6.45, 7) is 16.3. The Morgan fingerprint density at radius 1 is 0.762 bits per heavy atom. The molecule has 0 atom stereocenters. The number of aromatic nitrogens is 4. The summed E-state index contributed by atoms with van der Waals surface area (Å²) in [6.07, 6.45) is 7.12. The first-order valence-electron chi connectivity index (χ1n) is 14.1. The van der Waals surface area contributed by atoms with Gasteiger partial charge in [0.2, 0.25) is 0 Å². The van der Waals surface area contributed by atoms with Crippen LogP contribution in [0.15, 0.2) is 73.3 Å². The molecule has 0 saturated carbocycles. The third kappa shape index (κ3) is 10.4. The van der Waals surface area contributed by atoms with Crippen LogP contribution >= 0.6 is 0 Å². The highest BCUT2D eigenvalue weighted by molar-refractivity contribution is 6.76. The Morgan fingerprint density at radius 2 is 1.21 bits per heavy atom. The number of nitrogens with zero attached hydrogens (tertiary/aromatic N) is 5. The second-order valence-electron chi connectivity index (χ2n) is 12.5. The van der Waals surface area contributed by atoms with E-state index in [1.807, 2.05) is 35.0 Å². The Hall–Kier alpha value is -3.59. The van der Waals surface area contributed by atoms with E-state index in [1.165, 1.54) is 12.1 Å². The van der Waals surface area contributed by atoms with Crippen molar-refractivity contribution < 1.29 is 14.4 Å². The molecule has 0 aliphatic heterocycles. The summed E-state index contributed by atoms with van der Waals surface area (Å²) in [5.41, 5.74) is 8.25. The number of nitrogen functional groups attached to an aromatic ring is 1. The van der Waals surface area contributed by atoms with Gasteiger partial charge in [0.05, 0.1) is 10.5 Å². The van der Waals surface area contributed by atoms with Crippen molar-refractivity contribution in [3.05, 3.63) is 83.4 Å². The number of nitro groups is 1. The predicted octanol–water partition coefficient (Wildman–Crippen LogP) is 7.22. The standard InChI is InChI=1S/C15H21N3O3Si.C15H23N3OSi/c1-22(2,3)11-10-21-12-17-9-8-16-15(17)13-6-4-5-7-14(13)18(19)20;1-20(2,3)11-10-19-12-18-9-8-17-15(18)13-6-4-5-7-14(13)16/h4-9H,10-12H2,1-3H3;4-9H,10-12,16H2,1-3H3. The molecule has 2 N–H and O–H groups in total. The third-order valence-corrected chi connectivity index (χ3v) is 9.84. The van der Waals surface area contributed by atoms with Crippen LogP contribution in [0.5, 0.6) is 0 Å². The summed E-state index contributed by atoms with van der Waals surface area (Å²) in [5.74, 6) is 1.41. The molecule has 42 heavy (non-hydrogen) atoms. The molecule has 0 aliphatic carbocycles. The Bertz CT molecular complexity index is 1430. The molecule has 0 aliphatic rings. The minimum atomic E-state index is -1.12. The minimum Gasteiger partial charge on any atom is -0.398 e. The van der Waals surface area contributed by atoms with Crippen molar-refractivity contribution >= 4 is 27.5 Å². The van der Waals surface area contributed by atoms with Crippen LogP contribution in [0, 0.1) is 10.1 Å². The second-order valence-corrected chi connectivity index (χ2v) is 23.7. The van der Waals surface area contributed by atoms with Crippen LogP contribution in [0.25, 0.3) is 22.8 Å². The van der Waals surface area contributed by atoms with Crippen molar-refractivity contribution in [3.8, 4) is 22.8 Å². The fourth-order valence-electron chi connectivity index (χ4n) is 3.92. The van der Waals surface area contributed by atoms with Crippen molar-refractivity contribution in [1.82, 2.24) is 19.1 Å². The maximum Gasteiger partial charge on any atom is 0.280 e. The van der Waals surface area contributed by atoms with E-state index in [1.54, 1.807) is 41.4 Å². The lowest BCUT2D eigenvalue weighted by Crippen LogP contribution is -2.22. The van der Waals surface area contributed by atoms with E-state index in [-0.39, 0.29) is 10.6 Å². The second kappa shape index (κ2) is 15.0. The molecule has 226 valence electrons. The summed E-state index contributed by atoms with van der Waals surface area (Å²) in [6, 6.07) is 16.6. The van der Waals surface area contributed by atoms with E-state index < -0.39 is 16.1 Å². The number of anilines is 1. The molecule has 2 aromatic carbocycles. The predicted molar refractivity (Wildman–Crippen MR) is 175 cm³/mol. The number of nitrogens with two attached hydrogens (primary N) is 1. The largest absolute Gasteiger partial charge is 0.398 e. The summed E-state index contributed by atoms with van der Waals surface area (Å²) < 4.78 is 15.3. The molecule has 0 radical (unpaired) electrons. The van der Waals surface area contributed by atoms with Crippen molar-refractivity contribution in [2.75, 3.05) is 18.9 Å². The SMILES string of the molecule is C[Si](C)(C)CCOCn1ccnc1-c1ccccc1N.C[Si](C)(C)CCOCn1ccnc1-c1ccccc1[N+](=O)[O-]. The van der Waals surface area contributed by atoms with Crippen LogP contribution in [0.4, 0.5) is 11.4 Å². The minimum absolute atomic E-state index is 0.0528. The fourth-order valence-corrected chi connectivity index (χ4v) is 5.43. The molecule has 0 fully saturated rings. The van der Waals surface area contributed by atoms with Crippen molar-refractivity contribution in [3.63, 3.8) is 0 Å². The van der Waals surface area contributed by atoms with Crippen LogP contribution < -0.4 is 5.73 Å².